The molecule has 0 spiro atoms. The summed E-state index contributed by atoms with van der Waals surface area (Å²) in [5, 5.41) is 0. The van der Waals surface area contributed by atoms with Gasteiger partial charge in [0.05, 0.1) is 0 Å². The second kappa shape index (κ2) is 15.8. The van der Waals surface area contributed by atoms with Gasteiger partial charge in [-0.25, -0.2) is 0 Å². The van der Waals surface area contributed by atoms with Gasteiger partial charge in [-0.2, -0.15) is 4.21 Å². The normalized spacial score (nSPS) is 5.00. The van der Waals surface area contributed by atoms with E-state index in [9.17, 15) is 0 Å². The summed E-state index contributed by atoms with van der Waals surface area (Å²) in [6, 6.07) is 0. The summed E-state index contributed by atoms with van der Waals surface area (Å²) in [5.74, 6) is 0. The van der Waals surface area contributed by atoms with Gasteiger partial charge in [0.25, 0.3) is 11.4 Å². The predicted octanol–water partition coefficient (Wildman–Crippen LogP) is -5.66. The summed E-state index contributed by atoms with van der Waals surface area (Å²) in [4.78, 5) is 0. The largest absolute Gasteiger partial charge is 1.00 e. The molecule has 0 aliphatic carbocycles. The van der Waals surface area contributed by atoms with E-state index in [0.717, 1.165) is 0 Å². The number of halogens is 1. The molecule has 0 aromatic carbocycles. The van der Waals surface area contributed by atoms with E-state index in [1.807, 2.05) is 0 Å². The fourth-order valence-electron chi connectivity index (χ4n) is 0. The Bertz CT molecular complexity index is 42.8. The number of rotatable bonds is 0. The molecule has 7 heavy (non-hydrogen) atoms. The Hall–Kier alpha value is 2.36. The molecular weight excluding hydrogens is 161 g/mol. The van der Waals surface area contributed by atoms with Crippen molar-refractivity contribution in [3.05, 3.63) is 0 Å². The van der Waals surface area contributed by atoms with Crippen LogP contribution in [0, 0.1) is 0 Å². The Labute approximate surface area is 97.7 Å². The summed E-state index contributed by atoms with van der Waals surface area (Å²) in [7, 11) is 0. The third-order valence-corrected chi connectivity index (χ3v) is 0. The Morgan fingerprint density at radius 1 is 1.29 bits per heavy atom. The van der Waals surface area contributed by atoms with Crippen molar-refractivity contribution < 1.29 is 75.3 Å². The number of hydrogen-bond donors (Lipinski definition) is 2. The van der Waals surface area contributed by atoms with Crippen LogP contribution in [0.3, 0.4) is 0 Å². The van der Waals surface area contributed by atoms with Crippen LogP contribution < -0.4 is 59.1 Å². The molecule has 0 aromatic rings. The second-order valence-electron chi connectivity index (χ2n) is 0.231. The Balaban J connectivity index is -0.00000000450. The van der Waals surface area contributed by atoms with Gasteiger partial charge in [-0.15, -0.1) is 12.4 Å². The van der Waals surface area contributed by atoms with E-state index < -0.39 is 11.4 Å². The van der Waals surface area contributed by atoms with E-state index in [2.05, 4.69) is 0 Å². The molecule has 7 heteroatoms. The van der Waals surface area contributed by atoms with E-state index in [0.29, 0.717) is 0 Å². The molecular formula is H5ClNa2O3S. The van der Waals surface area contributed by atoms with Gasteiger partial charge in [0, 0.05) is 0 Å². The molecule has 0 bridgehead atoms. The summed E-state index contributed by atoms with van der Waals surface area (Å²) in [6.45, 7) is 0. The second-order valence-corrected chi connectivity index (χ2v) is 0.692. The van der Waals surface area contributed by atoms with Gasteiger partial charge in [0.15, 0.2) is 0 Å². The molecule has 0 radical (unpaired) electrons. The zero-order valence-electron chi connectivity index (χ0n) is 6.12. The van der Waals surface area contributed by atoms with Crippen LogP contribution in [0.15, 0.2) is 0 Å². The number of hydrogen-bond acceptors (Lipinski definition) is 1. The zero-order valence-corrected chi connectivity index (χ0v) is 9.75. The van der Waals surface area contributed by atoms with Gasteiger partial charge in [-0.05, 0) is 0 Å². The molecule has 0 unspecified atom stereocenters. The van der Waals surface area contributed by atoms with E-state index in [-0.39, 0.29) is 74.4 Å². The Kier molecular flexibility index (Phi) is 51.3. The van der Waals surface area contributed by atoms with Crippen molar-refractivity contribution in [2.75, 3.05) is 0 Å². The fourth-order valence-corrected chi connectivity index (χ4v) is 0. The molecule has 0 saturated carbocycles. The molecule has 0 amide bonds. The minimum atomic E-state index is -2.61. The summed E-state index contributed by atoms with van der Waals surface area (Å²) in [6.07, 6.45) is 0. The van der Waals surface area contributed by atoms with Gasteiger partial charge < -0.3 is 2.85 Å². The van der Waals surface area contributed by atoms with Crippen molar-refractivity contribution in [2.24, 2.45) is 0 Å². The van der Waals surface area contributed by atoms with E-state index in [4.69, 9.17) is 13.3 Å². The maximum absolute atomic E-state index is 8.67. The van der Waals surface area contributed by atoms with E-state index in [1.165, 1.54) is 0 Å². The molecule has 0 aromatic heterocycles. The fraction of sp³-hybridized carbons (Fsp3) is 0. The molecule has 3 nitrogen and oxygen atoms in total. The summed E-state index contributed by atoms with van der Waals surface area (Å²) < 4.78 is 22.8. The molecule has 2 N–H and O–H groups in total. The average molecular weight is 167 g/mol. The molecule has 0 rings (SSSR count). The Morgan fingerprint density at radius 3 is 1.29 bits per heavy atom. The zero-order chi connectivity index (χ0) is 3.58. The van der Waals surface area contributed by atoms with Gasteiger partial charge >= 0.3 is 59.1 Å². The van der Waals surface area contributed by atoms with E-state index >= 15 is 0 Å². The topological polar surface area (TPSA) is 57.5 Å². The molecule has 38 valence electrons. The smallest absolute Gasteiger partial charge is 1.00 e. The first-order valence-corrected chi connectivity index (χ1v) is 1.60. The monoisotopic (exact) mass is 166 g/mol. The van der Waals surface area contributed by atoms with Crippen LogP contribution in [0.5, 0.6) is 0 Å². The molecule has 0 atom stereocenters. The quantitative estimate of drug-likeness (QED) is 0.279. The van der Waals surface area contributed by atoms with Crippen LogP contribution in [-0.4, -0.2) is 13.3 Å². The summed E-state index contributed by atoms with van der Waals surface area (Å²) in [5.41, 5.74) is 0. The molecule has 0 saturated heterocycles. The molecule has 0 aliphatic rings. The van der Waals surface area contributed by atoms with Crippen LogP contribution in [0.25, 0.3) is 0 Å². The maximum Gasteiger partial charge on any atom is 1.00 e. The first-order chi connectivity index (χ1) is 1.73. The summed E-state index contributed by atoms with van der Waals surface area (Å²) >= 11 is -2.61. The third-order valence-electron chi connectivity index (χ3n) is 0. The Morgan fingerprint density at radius 2 is 1.29 bits per heavy atom. The van der Waals surface area contributed by atoms with Crippen molar-refractivity contribution in [3.8, 4) is 0 Å². The SMILES string of the molecule is Cl.O=S(O)O.[H-].[H-].[Na+].[Na+]. The van der Waals surface area contributed by atoms with Crippen molar-refractivity contribution in [1.82, 2.24) is 0 Å². The van der Waals surface area contributed by atoms with Gasteiger partial charge in [-0.3, -0.25) is 9.11 Å². The van der Waals surface area contributed by atoms with Crippen LogP contribution in [0.2, 0.25) is 0 Å². The van der Waals surface area contributed by atoms with Crippen LogP contribution >= 0.6 is 12.4 Å². The van der Waals surface area contributed by atoms with Crippen LogP contribution in [-0.2, 0) is 11.4 Å². The molecule has 0 heterocycles. The average Bonchev–Trinajstić information content (AvgIpc) is 0.811. The van der Waals surface area contributed by atoms with Crippen molar-refractivity contribution in [3.63, 3.8) is 0 Å². The third kappa shape index (κ3) is 60.7. The van der Waals surface area contributed by atoms with Crippen molar-refractivity contribution >= 4 is 23.8 Å². The van der Waals surface area contributed by atoms with Gasteiger partial charge in [0.1, 0.15) is 0 Å². The molecule has 0 fully saturated rings. The van der Waals surface area contributed by atoms with E-state index in [1.54, 1.807) is 0 Å². The first-order valence-electron chi connectivity index (χ1n) is 0.532. The first kappa shape index (κ1) is 22.8. The van der Waals surface area contributed by atoms with Crippen molar-refractivity contribution in [2.45, 2.75) is 0 Å². The maximum atomic E-state index is 8.67. The van der Waals surface area contributed by atoms with Gasteiger partial charge in [0.2, 0.25) is 0 Å². The van der Waals surface area contributed by atoms with Crippen LogP contribution in [0.1, 0.15) is 2.85 Å². The van der Waals surface area contributed by atoms with Crippen LogP contribution in [0.4, 0.5) is 0 Å². The van der Waals surface area contributed by atoms with Crippen molar-refractivity contribution in [1.29, 1.82) is 0 Å². The van der Waals surface area contributed by atoms with Gasteiger partial charge in [-0.1, -0.05) is 0 Å². The molecule has 0 aliphatic heterocycles. The standard InChI is InChI=1S/ClH.2Na.H2O3S.2H/c;;;1-4(2)3;;/h1H;;;(H2,1,2,3);;/q;2*+1;;2*-1. The minimum absolute atomic E-state index is 0. The minimum Gasteiger partial charge on any atom is -1.00 e. The predicted molar refractivity (Wildman–Crippen MR) is 22.9 cm³/mol.